The van der Waals surface area contributed by atoms with Crippen LogP contribution < -0.4 is 5.32 Å². The minimum absolute atomic E-state index is 0.127. The van der Waals surface area contributed by atoms with Crippen LogP contribution in [0, 0.1) is 5.41 Å². The topological polar surface area (TPSA) is 29.1 Å². The van der Waals surface area contributed by atoms with Crippen molar-refractivity contribution in [2.45, 2.75) is 43.9 Å². The number of hydrogen-bond donors (Lipinski definition) is 2. The van der Waals surface area contributed by atoms with Crippen LogP contribution in [0.4, 0.5) is 0 Å². The zero-order chi connectivity index (χ0) is 13.0. The van der Waals surface area contributed by atoms with E-state index in [0.717, 1.165) is 17.0 Å². The zero-order valence-corrected chi connectivity index (χ0v) is 11.8. The molecule has 0 unspecified atom stereocenters. The lowest BCUT2D eigenvalue weighted by Crippen LogP contribution is -2.42. The summed E-state index contributed by atoms with van der Waals surface area (Å²) in [5, 5.41) is 3.08. The first-order chi connectivity index (χ1) is 8.63. The third kappa shape index (κ3) is 3.29. The molecule has 1 N–H and O–H groups in total. The number of carbonyl (C=O) groups excluding carboxylic acids is 1. The third-order valence-corrected chi connectivity index (χ3v) is 4.42. The molecule has 18 heavy (non-hydrogen) atoms. The van der Waals surface area contributed by atoms with Crippen LogP contribution in [0.3, 0.4) is 0 Å². The Morgan fingerprint density at radius 1 is 1.33 bits per heavy atom. The molecule has 1 aromatic carbocycles. The van der Waals surface area contributed by atoms with Crippen LogP contribution in [0.25, 0.3) is 0 Å². The highest BCUT2D eigenvalue weighted by molar-refractivity contribution is 7.80. The summed E-state index contributed by atoms with van der Waals surface area (Å²) in [6.07, 6.45) is 5.47. The molecule has 1 fully saturated rings. The summed E-state index contributed by atoms with van der Waals surface area (Å²) in [6.45, 7) is 3.06. The van der Waals surface area contributed by atoms with Gasteiger partial charge in [-0.15, -0.1) is 12.6 Å². The Hall–Kier alpha value is -0.960. The smallest absolute Gasteiger partial charge is 0.224 e. The molecule has 0 saturated heterocycles. The van der Waals surface area contributed by atoms with Crippen molar-refractivity contribution in [2.75, 3.05) is 6.54 Å². The fourth-order valence-electron chi connectivity index (χ4n) is 2.48. The fraction of sp³-hybridized carbons (Fsp3) is 0.533. The number of nitrogens with one attached hydrogen (secondary N) is 1. The number of rotatable bonds is 5. The normalized spacial score (nSPS) is 17.0. The molecule has 2 nitrogen and oxygen atoms in total. The van der Waals surface area contributed by atoms with Gasteiger partial charge in [-0.25, -0.2) is 0 Å². The number of thiol groups is 1. The molecule has 1 aliphatic rings. The molecule has 1 aromatic rings. The first-order valence-corrected chi connectivity index (χ1v) is 7.13. The second-order valence-corrected chi connectivity index (χ2v) is 5.84. The van der Waals surface area contributed by atoms with Crippen LogP contribution in [0.5, 0.6) is 0 Å². The van der Waals surface area contributed by atoms with Gasteiger partial charge < -0.3 is 5.32 Å². The maximum Gasteiger partial charge on any atom is 0.224 e. The van der Waals surface area contributed by atoms with Gasteiger partial charge in [-0.05, 0) is 42.4 Å². The molecular formula is C15H21NOS. The molecule has 1 amide bonds. The Kier molecular flexibility index (Phi) is 4.33. The highest BCUT2D eigenvalue weighted by atomic mass is 32.1. The molecule has 0 aromatic heterocycles. The molecule has 0 heterocycles. The molecular weight excluding hydrogens is 242 g/mol. The van der Waals surface area contributed by atoms with Crippen molar-refractivity contribution in [3.63, 3.8) is 0 Å². The van der Waals surface area contributed by atoms with E-state index < -0.39 is 0 Å². The standard InChI is InChI=1S/C15H21NOS/c1-2-15(8-3-9-15)11-16-14(17)10-12-4-6-13(18)7-5-12/h4-7,18H,2-3,8-11H2,1H3,(H,16,17). The van der Waals surface area contributed by atoms with Gasteiger partial charge in [0.25, 0.3) is 0 Å². The van der Waals surface area contributed by atoms with Gasteiger partial charge in [0.2, 0.25) is 5.91 Å². The quantitative estimate of drug-likeness (QED) is 0.785. The van der Waals surface area contributed by atoms with Gasteiger partial charge in [0, 0.05) is 11.4 Å². The summed E-state index contributed by atoms with van der Waals surface area (Å²) < 4.78 is 0. The molecule has 0 atom stereocenters. The predicted octanol–water partition coefficient (Wildman–Crippen LogP) is 3.21. The molecule has 0 aliphatic heterocycles. The highest BCUT2D eigenvalue weighted by Crippen LogP contribution is 2.42. The summed E-state index contributed by atoms with van der Waals surface area (Å²) in [4.78, 5) is 12.8. The van der Waals surface area contributed by atoms with Crippen molar-refractivity contribution in [2.24, 2.45) is 5.41 Å². The predicted molar refractivity (Wildman–Crippen MR) is 77.0 cm³/mol. The molecule has 1 aliphatic carbocycles. The first kappa shape index (κ1) is 13.5. The van der Waals surface area contributed by atoms with Crippen molar-refractivity contribution >= 4 is 18.5 Å². The van der Waals surface area contributed by atoms with Crippen molar-refractivity contribution < 1.29 is 4.79 Å². The Morgan fingerprint density at radius 2 is 2.00 bits per heavy atom. The zero-order valence-electron chi connectivity index (χ0n) is 10.9. The van der Waals surface area contributed by atoms with Crippen molar-refractivity contribution in [1.29, 1.82) is 0 Å². The van der Waals surface area contributed by atoms with E-state index >= 15 is 0 Å². The molecule has 0 radical (unpaired) electrons. The van der Waals surface area contributed by atoms with E-state index in [2.05, 4.69) is 24.9 Å². The van der Waals surface area contributed by atoms with Crippen LogP contribution >= 0.6 is 12.6 Å². The Morgan fingerprint density at radius 3 is 2.50 bits per heavy atom. The third-order valence-electron chi connectivity index (χ3n) is 4.13. The van der Waals surface area contributed by atoms with Gasteiger partial charge in [0.15, 0.2) is 0 Å². The van der Waals surface area contributed by atoms with Gasteiger partial charge in [0.05, 0.1) is 6.42 Å². The van der Waals surface area contributed by atoms with Gasteiger partial charge in [-0.2, -0.15) is 0 Å². The molecule has 0 bridgehead atoms. The molecule has 3 heteroatoms. The van der Waals surface area contributed by atoms with Gasteiger partial charge >= 0.3 is 0 Å². The highest BCUT2D eigenvalue weighted by Gasteiger charge is 2.35. The SMILES string of the molecule is CCC1(CNC(=O)Cc2ccc(S)cc2)CCC1. The maximum absolute atomic E-state index is 11.9. The Bertz CT molecular complexity index is 403. The number of amides is 1. The van der Waals surface area contributed by atoms with E-state index in [0.29, 0.717) is 11.8 Å². The van der Waals surface area contributed by atoms with Crippen LogP contribution in [0.15, 0.2) is 29.2 Å². The van der Waals surface area contributed by atoms with E-state index in [-0.39, 0.29) is 5.91 Å². The summed E-state index contributed by atoms with van der Waals surface area (Å²) in [6, 6.07) is 7.76. The van der Waals surface area contributed by atoms with Crippen LogP contribution in [0.2, 0.25) is 0 Å². The monoisotopic (exact) mass is 263 g/mol. The second kappa shape index (κ2) is 5.79. The van der Waals surface area contributed by atoms with Crippen LogP contribution in [-0.2, 0) is 11.2 Å². The van der Waals surface area contributed by atoms with E-state index in [4.69, 9.17) is 0 Å². The summed E-state index contributed by atoms with van der Waals surface area (Å²) in [5.41, 5.74) is 1.44. The van der Waals surface area contributed by atoms with Crippen molar-refractivity contribution in [3.8, 4) is 0 Å². The lowest BCUT2D eigenvalue weighted by Gasteiger charge is -2.41. The van der Waals surface area contributed by atoms with E-state index in [1.165, 1.54) is 25.7 Å². The number of carbonyl (C=O) groups is 1. The average molecular weight is 263 g/mol. The van der Waals surface area contributed by atoms with E-state index in [1.807, 2.05) is 24.3 Å². The van der Waals surface area contributed by atoms with Crippen LogP contribution in [0.1, 0.15) is 38.2 Å². The van der Waals surface area contributed by atoms with Crippen LogP contribution in [-0.4, -0.2) is 12.5 Å². The molecule has 0 spiro atoms. The maximum atomic E-state index is 11.9. The number of benzene rings is 1. The van der Waals surface area contributed by atoms with E-state index in [9.17, 15) is 4.79 Å². The largest absolute Gasteiger partial charge is 0.355 e. The molecule has 98 valence electrons. The minimum atomic E-state index is 0.127. The summed E-state index contributed by atoms with van der Waals surface area (Å²) in [7, 11) is 0. The van der Waals surface area contributed by atoms with Gasteiger partial charge in [-0.1, -0.05) is 25.5 Å². The lowest BCUT2D eigenvalue weighted by atomic mass is 9.67. The lowest BCUT2D eigenvalue weighted by molar-refractivity contribution is -0.121. The average Bonchev–Trinajstić information content (AvgIpc) is 2.31. The molecule has 2 rings (SSSR count). The second-order valence-electron chi connectivity index (χ2n) is 5.33. The minimum Gasteiger partial charge on any atom is -0.355 e. The first-order valence-electron chi connectivity index (χ1n) is 6.68. The Balaban J connectivity index is 1.80. The molecule has 1 saturated carbocycles. The fourth-order valence-corrected chi connectivity index (χ4v) is 2.63. The van der Waals surface area contributed by atoms with Crippen molar-refractivity contribution in [1.82, 2.24) is 5.32 Å². The van der Waals surface area contributed by atoms with Gasteiger partial charge in [-0.3, -0.25) is 4.79 Å². The summed E-state index contributed by atoms with van der Waals surface area (Å²) in [5.74, 6) is 0.127. The van der Waals surface area contributed by atoms with E-state index in [1.54, 1.807) is 0 Å². The van der Waals surface area contributed by atoms with Gasteiger partial charge in [0.1, 0.15) is 0 Å². The summed E-state index contributed by atoms with van der Waals surface area (Å²) >= 11 is 4.23. The number of hydrogen-bond acceptors (Lipinski definition) is 2. The van der Waals surface area contributed by atoms with Crippen molar-refractivity contribution in [3.05, 3.63) is 29.8 Å². The Labute approximate surface area is 115 Å².